The molecule has 0 aliphatic heterocycles. The van der Waals surface area contributed by atoms with E-state index in [0.29, 0.717) is 29.0 Å². The molecule has 0 spiro atoms. The molecule has 5 nitrogen and oxygen atoms in total. The minimum absolute atomic E-state index is 0.162. The zero-order chi connectivity index (χ0) is 21.7. The van der Waals surface area contributed by atoms with Crippen LogP contribution in [-0.4, -0.2) is 18.4 Å². The monoisotopic (exact) mass is 425 g/mol. The molecule has 0 saturated heterocycles. The van der Waals surface area contributed by atoms with E-state index in [1.165, 1.54) is 18.2 Å². The van der Waals surface area contributed by atoms with Crippen molar-refractivity contribution in [3.63, 3.8) is 0 Å². The highest BCUT2D eigenvalue weighted by Crippen LogP contribution is 2.30. The number of anilines is 3. The van der Waals surface area contributed by atoms with Gasteiger partial charge in [0.2, 0.25) is 0 Å². The number of aryl methyl sites for hydroxylation is 1. The molecule has 3 aromatic rings. The predicted molar refractivity (Wildman–Crippen MR) is 118 cm³/mol. The third-order valence-corrected chi connectivity index (χ3v) is 4.76. The van der Waals surface area contributed by atoms with Crippen molar-refractivity contribution in [2.45, 2.75) is 13.8 Å². The first-order valence-electron chi connectivity index (χ1n) is 9.40. The normalized spacial score (nSPS) is 10.4. The summed E-state index contributed by atoms with van der Waals surface area (Å²) in [6.07, 6.45) is 0. The third kappa shape index (κ3) is 4.96. The number of carbonyl (C=O) groups is 2. The van der Waals surface area contributed by atoms with E-state index < -0.39 is 11.8 Å². The quantitative estimate of drug-likeness (QED) is 0.430. The second-order valence-electron chi connectivity index (χ2n) is 6.64. The van der Waals surface area contributed by atoms with Crippen LogP contribution in [0.2, 0.25) is 5.02 Å². The lowest BCUT2D eigenvalue weighted by Gasteiger charge is -2.15. The van der Waals surface area contributed by atoms with Gasteiger partial charge in [-0.25, -0.2) is 9.18 Å². The molecule has 3 rings (SSSR count). The summed E-state index contributed by atoms with van der Waals surface area (Å²) in [4.78, 5) is 24.7. The van der Waals surface area contributed by atoms with E-state index in [0.717, 1.165) is 5.56 Å². The summed E-state index contributed by atoms with van der Waals surface area (Å²) >= 11 is 6.38. The molecule has 0 heterocycles. The van der Waals surface area contributed by atoms with Crippen LogP contribution in [0.3, 0.4) is 0 Å². The van der Waals surface area contributed by atoms with Crippen molar-refractivity contribution in [2.75, 3.05) is 17.2 Å². The summed E-state index contributed by atoms with van der Waals surface area (Å²) in [5.74, 6) is -0.644. The van der Waals surface area contributed by atoms with Gasteiger partial charge in [-0.2, -0.15) is 0 Å². The summed E-state index contributed by atoms with van der Waals surface area (Å²) in [5, 5.41) is 8.59. The standard InChI is InChI=1S/C23H21ClFN3O2/c1-3-26-23(30)28-21-12-15(25)8-11-20(21)27-16-9-10-18(19(24)13-16)22(29)17-7-5-4-6-14(17)2/h4-13,27H,3H2,1-2H3,(H2,26,28,30). The molecule has 30 heavy (non-hydrogen) atoms. The molecule has 0 radical (unpaired) electrons. The van der Waals surface area contributed by atoms with E-state index in [2.05, 4.69) is 16.0 Å². The Bertz CT molecular complexity index is 1100. The average Bonchev–Trinajstić information content (AvgIpc) is 2.70. The van der Waals surface area contributed by atoms with Crippen molar-refractivity contribution in [1.29, 1.82) is 0 Å². The molecule has 0 aromatic heterocycles. The molecule has 3 N–H and O–H groups in total. The molecule has 3 aromatic carbocycles. The molecular formula is C23H21ClFN3O2. The predicted octanol–water partition coefficient (Wildman–Crippen LogP) is 5.90. The Hall–Kier alpha value is -3.38. The smallest absolute Gasteiger partial charge is 0.319 e. The van der Waals surface area contributed by atoms with Crippen molar-refractivity contribution < 1.29 is 14.0 Å². The summed E-state index contributed by atoms with van der Waals surface area (Å²) < 4.78 is 13.7. The molecule has 0 saturated carbocycles. The van der Waals surface area contributed by atoms with Gasteiger partial charge in [-0.15, -0.1) is 0 Å². The van der Waals surface area contributed by atoms with E-state index in [4.69, 9.17) is 11.6 Å². The topological polar surface area (TPSA) is 70.2 Å². The Balaban J connectivity index is 1.85. The first-order valence-corrected chi connectivity index (χ1v) is 9.78. The van der Waals surface area contributed by atoms with Gasteiger partial charge < -0.3 is 16.0 Å². The van der Waals surface area contributed by atoms with Crippen LogP contribution in [0.15, 0.2) is 60.7 Å². The zero-order valence-electron chi connectivity index (χ0n) is 16.6. The van der Waals surface area contributed by atoms with E-state index in [9.17, 15) is 14.0 Å². The number of hydrogen-bond donors (Lipinski definition) is 3. The van der Waals surface area contributed by atoms with Gasteiger partial charge in [-0.05, 0) is 55.8 Å². The Morgan fingerprint density at radius 2 is 1.73 bits per heavy atom. The second-order valence-corrected chi connectivity index (χ2v) is 7.05. The number of benzene rings is 3. The van der Waals surface area contributed by atoms with Gasteiger partial charge in [0, 0.05) is 23.4 Å². The van der Waals surface area contributed by atoms with E-state index in [-0.39, 0.29) is 16.5 Å². The Labute approximate surface area is 179 Å². The number of urea groups is 1. The number of hydrogen-bond acceptors (Lipinski definition) is 3. The van der Waals surface area contributed by atoms with Crippen LogP contribution < -0.4 is 16.0 Å². The summed E-state index contributed by atoms with van der Waals surface area (Å²) in [7, 11) is 0. The second kappa shape index (κ2) is 9.41. The van der Waals surface area contributed by atoms with Crippen LogP contribution in [0.4, 0.5) is 26.2 Å². The average molecular weight is 426 g/mol. The molecule has 7 heteroatoms. The number of nitrogens with one attached hydrogen (secondary N) is 3. The number of amides is 2. The maximum Gasteiger partial charge on any atom is 0.319 e. The highest BCUT2D eigenvalue weighted by Gasteiger charge is 2.16. The van der Waals surface area contributed by atoms with Crippen molar-refractivity contribution in [3.05, 3.63) is 88.2 Å². The van der Waals surface area contributed by atoms with Crippen LogP contribution in [0.1, 0.15) is 28.4 Å². The van der Waals surface area contributed by atoms with Crippen molar-refractivity contribution >= 4 is 40.5 Å². The minimum Gasteiger partial charge on any atom is -0.354 e. The van der Waals surface area contributed by atoms with Gasteiger partial charge >= 0.3 is 6.03 Å². The van der Waals surface area contributed by atoms with Crippen LogP contribution >= 0.6 is 11.6 Å². The minimum atomic E-state index is -0.482. The summed E-state index contributed by atoms with van der Waals surface area (Å²) in [6, 6.07) is 15.8. The highest BCUT2D eigenvalue weighted by molar-refractivity contribution is 6.35. The highest BCUT2D eigenvalue weighted by atomic mass is 35.5. The van der Waals surface area contributed by atoms with E-state index >= 15 is 0 Å². The maximum absolute atomic E-state index is 13.7. The lowest BCUT2D eigenvalue weighted by molar-refractivity contribution is 0.103. The van der Waals surface area contributed by atoms with Crippen LogP contribution in [0.25, 0.3) is 0 Å². The Kier molecular flexibility index (Phi) is 6.69. The van der Waals surface area contributed by atoms with Crippen LogP contribution in [-0.2, 0) is 0 Å². The fourth-order valence-corrected chi connectivity index (χ4v) is 3.23. The molecule has 0 bridgehead atoms. The molecule has 0 unspecified atom stereocenters. The summed E-state index contributed by atoms with van der Waals surface area (Å²) in [5.41, 5.74) is 3.19. The lowest BCUT2D eigenvalue weighted by Crippen LogP contribution is -2.28. The van der Waals surface area contributed by atoms with Gasteiger partial charge in [-0.3, -0.25) is 4.79 Å². The molecule has 0 atom stereocenters. The lowest BCUT2D eigenvalue weighted by atomic mass is 9.99. The maximum atomic E-state index is 13.7. The Morgan fingerprint density at radius 1 is 0.967 bits per heavy atom. The van der Waals surface area contributed by atoms with E-state index in [1.54, 1.807) is 31.2 Å². The van der Waals surface area contributed by atoms with Crippen molar-refractivity contribution in [2.24, 2.45) is 0 Å². The fourth-order valence-electron chi connectivity index (χ4n) is 2.96. The number of ketones is 1. The van der Waals surface area contributed by atoms with E-state index in [1.807, 2.05) is 25.1 Å². The number of carbonyl (C=O) groups excluding carboxylic acids is 2. The van der Waals surface area contributed by atoms with Gasteiger partial charge in [0.25, 0.3) is 0 Å². The van der Waals surface area contributed by atoms with Crippen molar-refractivity contribution in [1.82, 2.24) is 5.32 Å². The van der Waals surface area contributed by atoms with Gasteiger partial charge in [0.15, 0.2) is 5.78 Å². The largest absolute Gasteiger partial charge is 0.354 e. The molecule has 0 fully saturated rings. The van der Waals surface area contributed by atoms with Gasteiger partial charge in [-0.1, -0.05) is 35.9 Å². The molecule has 0 aliphatic rings. The van der Waals surface area contributed by atoms with Crippen LogP contribution in [0, 0.1) is 12.7 Å². The van der Waals surface area contributed by atoms with Crippen molar-refractivity contribution in [3.8, 4) is 0 Å². The first kappa shape index (κ1) is 21.3. The first-order chi connectivity index (χ1) is 14.4. The van der Waals surface area contributed by atoms with Gasteiger partial charge in [0.1, 0.15) is 5.82 Å². The summed E-state index contributed by atoms with van der Waals surface area (Å²) in [6.45, 7) is 4.09. The molecule has 2 amide bonds. The molecular weight excluding hydrogens is 405 g/mol. The number of rotatable bonds is 6. The zero-order valence-corrected chi connectivity index (χ0v) is 17.3. The molecule has 154 valence electrons. The van der Waals surface area contributed by atoms with Crippen LogP contribution in [0.5, 0.6) is 0 Å². The number of halogens is 2. The Morgan fingerprint density at radius 3 is 2.43 bits per heavy atom. The fraction of sp³-hybridized carbons (Fsp3) is 0.130. The SMILES string of the molecule is CCNC(=O)Nc1cc(F)ccc1Nc1ccc(C(=O)c2ccccc2C)c(Cl)c1. The van der Waals surface area contributed by atoms with Gasteiger partial charge in [0.05, 0.1) is 16.4 Å². The molecule has 0 aliphatic carbocycles. The third-order valence-electron chi connectivity index (χ3n) is 4.45.